The zero-order valence-electron chi connectivity index (χ0n) is 17.2. The quantitative estimate of drug-likeness (QED) is 0.797. The molecule has 0 radical (unpaired) electrons. The Morgan fingerprint density at radius 2 is 1.86 bits per heavy atom. The van der Waals surface area contributed by atoms with Gasteiger partial charge in [0.25, 0.3) is 5.91 Å². The van der Waals surface area contributed by atoms with E-state index in [1.165, 1.54) is 5.69 Å². The molecule has 1 aliphatic rings. The van der Waals surface area contributed by atoms with Crippen molar-refractivity contribution in [3.8, 4) is 0 Å². The van der Waals surface area contributed by atoms with Gasteiger partial charge in [-0.2, -0.15) is 0 Å². The number of amides is 1. The number of likely N-dealkylation sites (N-methyl/N-ethyl adjacent to an activating group) is 1. The van der Waals surface area contributed by atoms with E-state index in [0.717, 1.165) is 56.9 Å². The Kier molecular flexibility index (Phi) is 6.87. The first-order chi connectivity index (χ1) is 13.6. The normalized spacial score (nSPS) is 14.8. The number of carbonyl (C=O) groups is 1. The third-order valence-electron chi connectivity index (χ3n) is 5.26. The first-order valence-corrected chi connectivity index (χ1v) is 10.1. The predicted octanol–water partition coefficient (Wildman–Crippen LogP) is 3.32. The fraction of sp³-hybridized carbons (Fsp3) is 0.455. The number of hydrogen-bond acceptors (Lipinski definition) is 5. The minimum Gasteiger partial charge on any atom is -0.374 e. The summed E-state index contributed by atoms with van der Waals surface area (Å²) in [6.45, 7) is 7.36. The van der Waals surface area contributed by atoms with Crippen molar-refractivity contribution in [2.24, 2.45) is 0 Å². The van der Waals surface area contributed by atoms with E-state index >= 15 is 0 Å². The largest absolute Gasteiger partial charge is 0.374 e. The molecule has 1 amide bonds. The van der Waals surface area contributed by atoms with Crippen LogP contribution in [0.1, 0.15) is 30.3 Å². The van der Waals surface area contributed by atoms with Crippen LogP contribution in [0.2, 0.25) is 0 Å². The third kappa shape index (κ3) is 5.23. The van der Waals surface area contributed by atoms with Crippen LogP contribution < -0.4 is 15.1 Å². The van der Waals surface area contributed by atoms with E-state index in [2.05, 4.69) is 51.1 Å². The summed E-state index contributed by atoms with van der Waals surface area (Å²) in [6, 6.07) is 11.9. The van der Waals surface area contributed by atoms with Gasteiger partial charge in [-0.1, -0.05) is 13.3 Å². The molecule has 1 fully saturated rings. The zero-order valence-corrected chi connectivity index (χ0v) is 17.2. The maximum absolute atomic E-state index is 12.6. The Labute approximate surface area is 168 Å². The maximum Gasteiger partial charge on any atom is 0.274 e. The van der Waals surface area contributed by atoms with Crippen LogP contribution in [0.5, 0.6) is 0 Å². The average Bonchev–Trinajstić information content (AvgIpc) is 2.73. The SMILES string of the molecule is CCCCN(C)c1ccnc(C(=O)Nc2ccc(N3CCN(C)CC3)cc2)c1. The molecule has 6 heteroatoms. The van der Waals surface area contributed by atoms with Gasteiger partial charge in [-0.05, 0) is 49.9 Å². The number of unbranched alkanes of at least 4 members (excludes halogenated alkanes) is 1. The topological polar surface area (TPSA) is 51.7 Å². The fourth-order valence-electron chi connectivity index (χ4n) is 3.32. The molecule has 1 saturated heterocycles. The monoisotopic (exact) mass is 381 g/mol. The molecule has 2 heterocycles. The molecule has 150 valence electrons. The standard InChI is InChI=1S/C22H31N5O/c1-4-5-12-26(3)20-10-11-23-21(17-20)22(28)24-18-6-8-19(9-7-18)27-15-13-25(2)14-16-27/h6-11,17H,4-5,12-16H2,1-3H3,(H,24,28). The summed E-state index contributed by atoms with van der Waals surface area (Å²) in [5.74, 6) is -0.182. The Bertz CT molecular complexity index is 769. The van der Waals surface area contributed by atoms with Crippen molar-refractivity contribution in [3.05, 3.63) is 48.3 Å². The predicted molar refractivity (Wildman–Crippen MR) is 117 cm³/mol. The van der Waals surface area contributed by atoms with Crippen molar-refractivity contribution in [3.63, 3.8) is 0 Å². The average molecular weight is 382 g/mol. The molecule has 28 heavy (non-hydrogen) atoms. The van der Waals surface area contributed by atoms with Crippen molar-refractivity contribution in [2.75, 3.05) is 61.9 Å². The van der Waals surface area contributed by atoms with Crippen LogP contribution >= 0.6 is 0 Å². The van der Waals surface area contributed by atoms with Crippen LogP contribution in [-0.4, -0.2) is 62.6 Å². The van der Waals surface area contributed by atoms with E-state index in [1.807, 2.05) is 31.3 Å². The molecule has 0 bridgehead atoms. The number of aromatic nitrogens is 1. The highest BCUT2D eigenvalue weighted by atomic mass is 16.1. The molecule has 0 saturated carbocycles. The van der Waals surface area contributed by atoms with Crippen LogP contribution in [0.25, 0.3) is 0 Å². The number of anilines is 3. The molecule has 0 spiro atoms. The number of carbonyl (C=O) groups excluding carboxylic acids is 1. The highest BCUT2D eigenvalue weighted by Gasteiger charge is 2.15. The molecular formula is C22H31N5O. The minimum absolute atomic E-state index is 0.182. The number of hydrogen-bond donors (Lipinski definition) is 1. The Morgan fingerprint density at radius 3 is 2.54 bits per heavy atom. The number of nitrogens with zero attached hydrogens (tertiary/aromatic N) is 4. The van der Waals surface area contributed by atoms with E-state index in [9.17, 15) is 4.79 Å². The van der Waals surface area contributed by atoms with Crippen LogP contribution in [0.4, 0.5) is 17.1 Å². The lowest BCUT2D eigenvalue weighted by molar-refractivity contribution is 0.102. The number of rotatable bonds is 7. The molecule has 3 rings (SSSR count). The first kappa shape index (κ1) is 20.1. The number of nitrogens with one attached hydrogen (secondary N) is 1. The number of pyridine rings is 1. The van der Waals surface area contributed by atoms with E-state index in [1.54, 1.807) is 6.20 Å². The summed E-state index contributed by atoms with van der Waals surface area (Å²) < 4.78 is 0. The van der Waals surface area contributed by atoms with Crippen LogP contribution in [0, 0.1) is 0 Å². The second-order valence-corrected chi connectivity index (χ2v) is 7.47. The van der Waals surface area contributed by atoms with Gasteiger partial charge in [0.05, 0.1) is 0 Å². The lowest BCUT2D eigenvalue weighted by Crippen LogP contribution is -2.44. The van der Waals surface area contributed by atoms with Crippen molar-refractivity contribution >= 4 is 23.0 Å². The van der Waals surface area contributed by atoms with Gasteiger partial charge in [0.2, 0.25) is 0 Å². The van der Waals surface area contributed by atoms with Crippen LogP contribution in [-0.2, 0) is 0 Å². The van der Waals surface area contributed by atoms with Gasteiger partial charge < -0.3 is 20.0 Å². The van der Waals surface area contributed by atoms with Gasteiger partial charge in [0.1, 0.15) is 5.69 Å². The summed E-state index contributed by atoms with van der Waals surface area (Å²) in [6.07, 6.45) is 3.97. The van der Waals surface area contributed by atoms with E-state index in [0.29, 0.717) is 5.69 Å². The molecule has 1 aromatic heterocycles. The lowest BCUT2D eigenvalue weighted by Gasteiger charge is -2.34. The molecule has 1 aromatic carbocycles. The second kappa shape index (κ2) is 9.55. The fourth-order valence-corrected chi connectivity index (χ4v) is 3.32. The van der Waals surface area contributed by atoms with E-state index < -0.39 is 0 Å². The summed E-state index contributed by atoms with van der Waals surface area (Å²) in [4.78, 5) is 23.7. The van der Waals surface area contributed by atoms with E-state index in [-0.39, 0.29) is 5.91 Å². The minimum atomic E-state index is -0.182. The molecule has 1 aliphatic heterocycles. The molecule has 0 unspecified atom stereocenters. The highest BCUT2D eigenvalue weighted by Crippen LogP contribution is 2.20. The molecular weight excluding hydrogens is 350 g/mol. The molecule has 0 atom stereocenters. The van der Waals surface area contributed by atoms with Crippen molar-refractivity contribution in [1.29, 1.82) is 0 Å². The highest BCUT2D eigenvalue weighted by molar-refractivity contribution is 6.03. The smallest absolute Gasteiger partial charge is 0.274 e. The van der Waals surface area contributed by atoms with Gasteiger partial charge in [-0.15, -0.1) is 0 Å². The van der Waals surface area contributed by atoms with Crippen molar-refractivity contribution in [1.82, 2.24) is 9.88 Å². The molecule has 2 aromatic rings. The Balaban J connectivity index is 1.61. The van der Waals surface area contributed by atoms with Gasteiger partial charge in [0.15, 0.2) is 0 Å². The lowest BCUT2D eigenvalue weighted by atomic mass is 10.2. The molecule has 0 aliphatic carbocycles. The summed E-state index contributed by atoms with van der Waals surface area (Å²) >= 11 is 0. The number of benzene rings is 1. The third-order valence-corrected chi connectivity index (χ3v) is 5.26. The number of piperazine rings is 1. The summed E-state index contributed by atoms with van der Waals surface area (Å²) in [5, 5.41) is 2.96. The van der Waals surface area contributed by atoms with Crippen LogP contribution in [0.3, 0.4) is 0 Å². The van der Waals surface area contributed by atoms with Crippen LogP contribution in [0.15, 0.2) is 42.6 Å². The van der Waals surface area contributed by atoms with Crippen molar-refractivity contribution < 1.29 is 4.79 Å². The van der Waals surface area contributed by atoms with Gasteiger partial charge in [-0.25, -0.2) is 0 Å². The molecule has 6 nitrogen and oxygen atoms in total. The summed E-state index contributed by atoms with van der Waals surface area (Å²) in [5.41, 5.74) is 3.43. The molecule has 1 N–H and O–H groups in total. The Morgan fingerprint density at radius 1 is 1.14 bits per heavy atom. The van der Waals surface area contributed by atoms with Gasteiger partial charge >= 0.3 is 0 Å². The second-order valence-electron chi connectivity index (χ2n) is 7.47. The Hall–Kier alpha value is -2.60. The van der Waals surface area contributed by atoms with E-state index in [4.69, 9.17) is 0 Å². The van der Waals surface area contributed by atoms with Gasteiger partial charge in [0, 0.05) is 63.0 Å². The first-order valence-electron chi connectivity index (χ1n) is 10.1. The summed E-state index contributed by atoms with van der Waals surface area (Å²) in [7, 11) is 4.20. The van der Waals surface area contributed by atoms with Crippen molar-refractivity contribution in [2.45, 2.75) is 19.8 Å². The maximum atomic E-state index is 12.6. The zero-order chi connectivity index (χ0) is 19.9. The van der Waals surface area contributed by atoms with Gasteiger partial charge in [-0.3, -0.25) is 9.78 Å².